The highest BCUT2D eigenvalue weighted by molar-refractivity contribution is 7.92. The number of carbonyl (C=O) groups excluding carboxylic acids is 2. The normalized spacial score (nSPS) is 20.6. The van der Waals surface area contributed by atoms with Crippen LogP contribution in [0.25, 0.3) is 11.2 Å². The van der Waals surface area contributed by atoms with Crippen molar-refractivity contribution in [2.75, 3.05) is 21.9 Å². The maximum Gasteiger partial charge on any atom is 0.324 e. The zero-order chi connectivity index (χ0) is 29.3. The Bertz CT molecular complexity index is 1690. The van der Waals surface area contributed by atoms with Gasteiger partial charge in [0.15, 0.2) is 35.1 Å². The Kier molecular flexibility index (Phi) is 7.54. The van der Waals surface area contributed by atoms with Crippen LogP contribution in [-0.4, -0.2) is 80.1 Å². The fraction of sp³-hybridized carbons (Fsp3) is 0.304. The van der Waals surface area contributed by atoms with E-state index in [9.17, 15) is 28.2 Å². The average molecular weight is 588 g/mol. The highest BCUT2D eigenvalue weighted by atomic mass is 32.2. The van der Waals surface area contributed by atoms with Crippen molar-refractivity contribution in [3.05, 3.63) is 48.7 Å². The number of imidazole rings is 1. The Hall–Kier alpha value is -4.65. The molecule has 5 rings (SSSR count). The Labute approximate surface area is 232 Å². The van der Waals surface area contributed by atoms with Crippen molar-refractivity contribution in [3.63, 3.8) is 0 Å². The predicted molar refractivity (Wildman–Crippen MR) is 141 cm³/mol. The van der Waals surface area contributed by atoms with E-state index in [2.05, 4.69) is 40.8 Å². The number of hydrogen-bond donors (Lipinski definition) is 6. The molecule has 0 spiro atoms. The molecule has 17 nitrogen and oxygen atoms in total. The van der Waals surface area contributed by atoms with Crippen molar-refractivity contribution in [3.8, 4) is 0 Å². The molecule has 18 heteroatoms. The Morgan fingerprint density at radius 3 is 2.51 bits per heavy atom. The number of aryl methyl sites for hydroxylation is 1. The number of anilines is 3. The molecule has 1 aliphatic rings. The minimum absolute atomic E-state index is 0.0193. The zero-order valence-electron chi connectivity index (χ0n) is 21.5. The lowest BCUT2D eigenvalue weighted by molar-refractivity contribution is -0.137. The van der Waals surface area contributed by atoms with Crippen LogP contribution in [0.3, 0.4) is 0 Å². The molecule has 4 unspecified atom stereocenters. The second-order valence-corrected chi connectivity index (χ2v) is 10.6. The molecule has 3 amide bonds. The molecule has 1 saturated heterocycles. The molecule has 0 radical (unpaired) electrons. The van der Waals surface area contributed by atoms with E-state index >= 15 is 0 Å². The van der Waals surface area contributed by atoms with Gasteiger partial charge in [-0.15, -0.1) is 0 Å². The van der Waals surface area contributed by atoms with Crippen molar-refractivity contribution in [2.24, 2.45) is 0 Å². The van der Waals surface area contributed by atoms with Crippen LogP contribution in [0, 0.1) is 6.92 Å². The lowest BCUT2D eigenvalue weighted by atomic mass is 10.1. The van der Waals surface area contributed by atoms with Crippen LogP contribution in [0.4, 0.5) is 22.1 Å². The van der Waals surface area contributed by atoms with E-state index in [0.717, 1.165) is 6.33 Å². The van der Waals surface area contributed by atoms with Crippen LogP contribution >= 0.6 is 0 Å². The lowest BCUT2D eigenvalue weighted by Crippen LogP contribution is -2.42. The first-order chi connectivity index (χ1) is 19.6. The third kappa shape index (κ3) is 5.66. The molecule has 3 aromatic heterocycles. The monoisotopic (exact) mass is 587 g/mol. The lowest BCUT2D eigenvalue weighted by Gasteiger charge is -2.16. The standard InChI is InChI=1S/C23H25N9O8S/c1-3-24-21(35)18-16(33)17(34)22(39-18)32-10-27-15-19(25-9-26-20(15)32)29-23(36)28-12-4-6-13(7-5-12)41(37,38)31-14-8-11(2)40-30-14/h4-10,16-18,22,33-34H,3H2,1-2H3,(H,24,35)(H,30,31)(H2,25,26,28,29,36). The van der Waals surface area contributed by atoms with Gasteiger partial charge in [0.05, 0.1) is 11.2 Å². The molecule has 4 heterocycles. The number of amides is 3. The minimum atomic E-state index is -3.94. The van der Waals surface area contributed by atoms with Gasteiger partial charge in [-0.3, -0.25) is 19.4 Å². The first-order valence-corrected chi connectivity index (χ1v) is 13.7. The van der Waals surface area contributed by atoms with Gasteiger partial charge in [0.25, 0.3) is 15.9 Å². The molecule has 41 heavy (non-hydrogen) atoms. The van der Waals surface area contributed by atoms with E-state index in [4.69, 9.17) is 9.26 Å². The number of hydrogen-bond acceptors (Lipinski definition) is 12. The third-order valence-electron chi connectivity index (χ3n) is 6.00. The number of fused-ring (bicyclic) bond motifs is 1. The molecule has 4 atom stereocenters. The van der Waals surface area contributed by atoms with E-state index in [-0.39, 0.29) is 33.4 Å². The highest BCUT2D eigenvalue weighted by Gasteiger charge is 2.47. The number of ether oxygens (including phenoxy) is 1. The van der Waals surface area contributed by atoms with Gasteiger partial charge in [0.2, 0.25) is 0 Å². The number of nitrogens with one attached hydrogen (secondary N) is 4. The number of carbonyl (C=O) groups is 2. The summed E-state index contributed by atoms with van der Waals surface area (Å²) in [5.41, 5.74) is 0.583. The van der Waals surface area contributed by atoms with Gasteiger partial charge in [0.1, 0.15) is 24.3 Å². The van der Waals surface area contributed by atoms with Crippen LogP contribution in [0.2, 0.25) is 0 Å². The van der Waals surface area contributed by atoms with E-state index in [1.165, 1.54) is 41.2 Å². The largest absolute Gasteiger partial charge is 0.387 e. The molecular formula is C23H25N9O8S. The number of aliphatic hydroxyl groups excluding tert-OH is 2. The summed E-state index contributed by atoms with van der Waals surface area (Å²) in [6.07, 6.45) is -3.01. The molecule has 0 saturated carbocycles. The van der Waals surface area contributed by atoms with Crippen molar-refractivity contribution >= 4 is 50.4 Å². The number of sulfonamides is 1. The van der Waals surface area contributed by atoms with Crippen LogP contribution in [0.1, 0.15) is 18.9 Å². The Morgan fingerprint density at radius 1 is 1.07 bits per heavy atom. The molecule has 0 aliphatic carbocycles. The maximum absolute atomic E-state index is 12.7. The average Bonchev–Trinajstić information content (AvgIpc) is 3.62. The van der Waals surface area contributed by atoms with Gasteiger partial charge in [-0.2, -0.15) is 0 Å². The summed E-state index contributed by atoms with van der Waals surface area (Å²) in [5, 5.41) is 32.1. The van der Waals surface area contributed by atoms with Gasteiger partial charge in [0, 0.05) is 18.3 Å². The number of aliphatic hydroxyl groups is 2. The summed E-state index contributed by atoms with van der Waals surface area (Å²) < 4.78 is 39.2. The van der Waals surface area contributed by atoms with Crippen LogP contribution in [0.15, 0.2) is 52.4 Å². The number of benzene rings is 1. The first kappa shape index (κ1) is 27.9. The topological polar surface area (TPSA) is 236 Å². The molecule has 1 aliphatic heterocycles. The van der Waals surface area contributed by atoms with Gasteiger partial charge in [-0.25, -0.2) is 28.2 Å². The van der Waals surface area contributed by atoms with Gasteiger partial charge < -0.3 is 30.1 Å². The number of aromatic nitrogens is 5. The second kappa shape index (κ2) is 11.1. The zero-order valence-corrected chi connectivity index (χ0v) is 22.4. The van der Waals surface area contributed by atoms with Gasteiger partial charge >= 0.3 is 6.03 Å². The molecular weight excluding hydrogens is 562 g/mol. The fourth-order valence-corrected chi connectivity index (χ4v) is 5.09. The fourth-order valence-electron chi connectivity index (χ4n) is 4.11. The SMILES string of the molecule is CCNC(=O)C1OC(n2cnc3c(NC(=O)Nc4ccc(S(=O)(=O)Nc5cc(C)on5)cc4)ncnc32)C(O)C1O. The first-order valence-electron chi connectivity index (χ1n) is 12.2. The number of nitrogens with zero attached hydrogens (tertiary/aromatic N) is 5. The van der Waals surface area contributed by atoms with E-state index < -0.39 is 46.5 Å². The molecule has 0 bridgehead atoms. The number of likely N-dealkylation sites (N-methyl/N-ethyl adjacent to an activating group) is 1. The summed E-state index contributed by atoms with van der Waals surface area (Å²) in [6, 6.07) is 6.09. The van der Waals surface area contributed by atoms with Gasteiger partial charge in [-0.1, -0.05) is 5.16 Å². The van der Waals surface area contributed by atoms with Crippen LogP contribution in [0.5, 0.6) is 0 Å². The van der Waals surface area contributed by atoms with Crippen molar-refractivity contribution in [2.45, 2.75) is 43.3 Å². The van der Waals surface area contributed by atoms with E-state index in [1.807, 2.05) is 0 Å². The maximum atomic E-state index is 12.7. The quantitative estimate of drug-likeness (QED) is 0.163. The molecule has 1 fully saturated rings. The van der Waals surface area contributed by atoms with Crippen molar-refractivity contribution < 1.29 is 37.5 Å². The molecule has 1 aromatic carbocycles. The Morgan fingerprint density at radius 2 is 1.83 bits per heavy atom. The highest BCUT2D eigenvalue weighted by Crippen LogP contribution is 2.32. The summed E-state index contributed by atoms with van der Waals surface area (Å²) in [7, 11) is -3.94. The summed E-state index contributed by atoms with van der Waals surface area (Å²) >= 11 is 0. The summed E-state index contributed by atoms with van der Waals surface area (Å²) in [5.74, 6) is -0.0820. The summed E-state index contributed by atoms with van der Waals surface area (Å²) in [4.78, 5) is 37.2. The number of urea groups is 1. The molecule has 6 N–H and O–H groups in total. The van der Waals surface area contributed by atoms with Gasteiger partial charge in [-0.05, 0) is 38.1 Å². The van der Waals surface area contributed by atoms with Crippen LogP contribution in [-0.2, 0) is 19.6 Å². The number of rotatable bonds is 8. The third-order valence-corrected chi connectivity index (χ3v) is 7.37. The summed E-state index contributed by atoms with van der Waals surface area (Å²) in [6.45, 7) is 3.64. The smallest absolute Gasteiger partial charge is 0.324 e. The van der Waals surface area contributed by atoms with Crippen LogP contribution < -0.4 is 20.7 Å². The van der Waals surface area contributed by atoms with E-state index in [0.29, 0.717) is 12.3 Å². The van der Waals surface area contributed by atoms with Crippen molar-refractivity contribution in [1.82, 2.24) is 30.0 Å². The van der Waals surface area contributed by atoms with E-state index in [1.54, 1.807) is 13.8 Å². The predicted octanol–water partition coefficient (Wildman–Crippen LogP) is 0.323. The second-order valence-electron chi connectivity index (χ2n) is 8.90. The Balaban J connectivity index is 1.27. The minimum Gasteiger partial charge on any atom is -0.387 e. The molecule has 4 aromatic rings. The molecule has 216 valence electrons. The van der Waals surface area contributed by atoms with Crippen molar-refractivity contribution in [1.29, 1.82) is 0 Å².